The average Bonchev–Trinajstić information content (AvgIpc) is 2.46. The molecule has 0 bridgehead atoms. The van der Waals surface area contributed by atoms with E-state index in [0.717, 1.165) is 24.9 Å². The van der Waals surface area contributed by atoms with Crippen molar-refractivity contribution in [3.63, 3.8) is 0 Å². The van der Waals surface area contributed by atoms with Crippen LogP contribution in [0.3, 0.4) is 0 Å². The van der Waals surface area contributed by atoms with Gasteiger partial charge in [-0.2, -0.15) is 0 Å². The first-order chi connectivity index (χ1) is 9.63. The van der Waals surface area contributed by atoms with E-state index in [9.17, 15) is 4.79 Å². The van der Waals surface area contributed by atoms with Crippen LogP contribution in [-0.4, -0.2) is 25.6 Å². The fraction of sp³-hybridized carbons (Fsp3) is 0.533. The molecular weight excluding hydrogens is 276 g/mol. The quantitative estimate of drug-likeness (QED) is 0.897. The van der Waals surface area contributed by atoms with Crippen LogP contribution in [0.5, 0.6) is 5.75 Å². The molecule has 0 spiro atoms. The number of methoxy groups -OCH3 is 1. The highest BCUT2D eigenvalue weighted by molar-refractivity contribution is 6.31. The lowest BCUT2D eigenvalue weighted by atomic mass is 9.92. The van der Waals surface area contributed by atoms with Gasteiger partial charge in [-0.1, -0.05) is 24.6 Å². The van der Waals surface area contributed by atoms with Crippen molar-refractivity contribution < 1.29 is 9.53 Å². The van der Waals surface area contributed by atoms with Crippen LogP contribution in [0.2, 0.25) is 5.02 Å². The van der Waals surface area contributed by atoms with Gasteiger partial charge in [0.05, 0.1) is 13.2 Å². The predicted molar refractivity (Wildman–Crippen MR) is 80.0 cm³/mol. The van der Waals surface area contributed by atoms with Gasteiger partial charge in [0.2, 0.25) is 5.91 Å². The van der Waals surface area contributed by atoms with E-state index in [0.29, 0.717) is 23.2 Å². The van der Waals surface area contributed by atoms with Gasteiger partial charge in [-0.25, -0.2) is 0 Å². The lowest BCUT2D eigenvalue weighted by Gasteiger charge is -2.29. The Morgan fingerprint density at radius 2 is 2.35 bits per heavy atom. The normalized spacial score (nSPS) is 22.4. The van der Waals surface area contributed by atoms with Crippen molar-refractivity contribution >= 4 is 17.5 Å². The van der Waals surface area contributed by atoms with Crippen LogP contribution in [0, 0.1) is 5.92 Å². The van der Waals surface area contributed by atoms with Crippen LogP contribution in [0.15, 0.2) is 18.2 Å². The third kappa shape index (κ3) is 3.44. The molecule has 2 rings (SSSR count). The highest BCUT2D eigenvalue weighted by atomic mass is 35.5. The van der Waals surface area contributed by atoms with Gasteiger partial charge in [-0.15, -0.1) is 0 Å². The SMILES string of the molecule is COc1cccc(Cl)c1CNC(=O)C1NCCCC1C. The van der Waals surface area contributed by atoms with E-state index in [-0.39, 0.29) is 11.9 Å². The molecule has 110 valence electrons. The minimum Gasteiger partial charge on any atom is -0.496 e. The van der Waals surface area contributed by atoms with Crippen LogP contribution < -0.4 is 15.4 Å². The second-order valence-corrected chi connectivity index (χ2v) is 5.60. The van der Waals surface area contributed by atoms with E-state index in [1.807, 2.05) is 12.1 Å². The summed E-state index contributed by atoms with van der Waals surface area (Å²) in [6.07, 6.45) is 2.21. The van der Waals surface area contributed by atoms with Gasteiger partial charge in [0.1, 0.15) is 5.75 Å². The van der Waals surface area contributed by atoms with Crippen LogP contribution >= 0.6 is 11.6 Å². The largest absolute Gasteiger partial charge is 0.496 e. The molecule has 1 amide bonds. The van der Waals surface area contributed by atoms with Crippen LogP contribution in [0.1, 0.15) is 25.3 Å². The van der Waals surface area contributed by atoms with E-state index in [1.54, 1.807) is 13.2 Å². The standard InChI is InChI=1S/C15H21ClN2O2/c1-10-5-4-8-17-14(10)15(19)18-9-11-12(16)6-3-7-13(11)20-2/h3,6-7,10,14,17H,4-5,8-9H2,1-2H3,(H,18,19). The highest BCUT2D eigenvalue weighted by Crippen LogP contribution is 2.26. The number of benzene rings is 1. The summed E-state index contributed by atoms with van der Waals surface area (Å²) in [4.78, 5) is 12.2. The number of nitrogens with one attached hydrogen (secondary N) is 2. The topological polar surface area (TPSA) is 50.4 Å². The molecule has 1 fully saturated rings. The Morgan fingerprint density at radius 3 is 3.05 bits per heavy atom. The fourth-order valence-corrected chi connectivity index (χ4v) is 2.82. The summed E-state index contributed by atoms with van der Waals surface area (Å²) in [5.41, 5.74) is 0.813. The Kier molecular flexibility index (Phi) is 5.26. The molecule has 1 aromatic carbocycles. The van der Waals surface area contributed by atoms with Gasteiger partial charge in [0, 0.05) is 17.1 Å². The summed E-state index contributed by atoms with van der Waals surface area (Å²) in [6.45, 7) is 3.39. The van der Waals surface area contributed by atoms with Gasteiger partial charge in [0.15, 0.2) is 0 Å². The van der Waals surface area contributed by atoms with Crippen molar-refractivity contribution in [2.75, 3.05) is 13.7 Å². The predicted octanol–water partition coefficient (Wildman–Crippen LogP) is 2.35. The van der Waals surface area contributed by atoms with Crippen molar-refractivity contribution in [2.24, 2.45) is 5.92 Å². The first kappa shape index (κ1) is 15.1. The Balaban J connectivity index is 2.00. The zero-order valence-corrected chi connectivity index (χ0v) is 12.7. The number of hydrogen-bond acceptors (Lipinski definition) is 3. The number of hydrogen-bond donors (Lipinski definition) is 2. The van der Waals surface area contributed by atoms with E-state index in [4.69, 9.17) is 16.3 Å². The zero-order chi connectivity index (χ0) is 14.5. The highest BCUT2D eigenvalue weighted by Gasteiger charge is 2.27. The monoisotopic (exact) mass is 296 g/mol. The third-order valence-electron chi connectivity index (χ3n) is 3.79. The summed E-state index contributed by atoms with van der Waals surface area (Å²) in [5, 5.41) is 6.83. The molecule has 1 saturated heterocycles. The van der Waals surface area contributed by atoms with Crippen LogP contribution in [-0.2, 0) is 11.3 Å². The molecule has 2 N–H and O–H groups in total. The average molecular weight is 297 g/mol. The first-order valence-electron chi connectivity index (χ1n) is 6.96. The minimum atomic E-state index is -0.114. The smallest absolute Gasteiger partial charge is 0.237 e. The summed E-state index contributed by atoms with van der Waals surface area (Å²) in [6, 6.07) is 5.36. The molecule has 1 aliphatic heterocycles. The number of halogens is 1. The molecule has 20 heavy (non-hydrogen) atoms. The third-order valence-corrected chi connectivity index (χ3v) is 4.14. The lowest BCUT2D eigenvalue weighted by molar-refractivity contribution is -0.125. The molecule has 0 aliphatic carbocycles. The molecular formula is C15H21ClN2O2. The summed E-state index contributed by atoms with van der Waals surface area (Å²) >= 11 is 6.16. The molecule has 2 unspecified atom stereocenters. The second-order valence-electron chi connectivity index (χ2n) is 5.19. The van der Waals surface area contributed by atoms with Crippen molar-refractivity contribution in [1.82, 2.24) is 10.6 Å². The van der Waals surface area contributed by atoms with E-state index in [1.165, 1.54) is 0 Å². The fourth-order valence-electron chi connectivity index (χ4n) is 2.59. The Labute approximate surface area is 124 Å². The molecule has 1 aromatic rings. The van der Waals surface area contributed by atoms with Crippen molar-refractivity contribution in [2.45, 2.75) is 32.4 Å². The molecule has 4 nitrogen and oxygen atoms in total. The van der Waals surface area contributed by atoms with E-state index < -0.39 is 0 Å². The Bertz CT molecular complexity index is 479. The number of carbonyl (C=O) groups excluding carboxylic acids is 1. The maximum Gasteiger partial charge on any atom is 0.237 e. The summed E-state index contributed by atoms with van der Waals surface area (Å²) in [5.74, 6) is 1.08. The number of carbonyl (C=O) groups is 1. The van der Waals surface area contributed by atoms with Gasteiger partial charge >= 0.3 is 0 Å². The molecule has 1 heterocycles. The molecule has 1 aliphatic rings. The molecule has 0 radical (unpaired) electrons. The molecule has 0 saturated carbocycles. The molecule has 0 aromatic heterocycles. The maximum atomic E-state index is 12.2. The minimum absolute atomic E-state index is 0.0270. The molecule has 5 heteroatoms. The van der Waals surface area contributed by atoms with Crippen molar-refractivity contribution in [3.05, 3.63) is 28.8 Å². The van der Waals surface area contributed by atoms with Crippen LogP contribution in [0.25, 0.3) is 0 Å². The Morgan fingerprint density at radius 1 is 1.55 bits per heavy atom. The maximum absolute atomic E-state index is 12.2. The van der Waals surface area contributed by atoms with E-state index >= 15 is 0 Å². The number of rotatable bonds is 4. The number of piperidine rings is 1. The first-order valence-corrected chi connectivity index (χ1v) is 7.33. The van der Waals surface area contributed by atoms with Crippen LogP contribution in [0.4, 0.5) is 0 Å². The summed E-state index contributed by atoms with van der Waals surface area (Å²) < 4.78 is 5.27. The van der Waals surface area contributed by atoms with E-state index in [2.05, 4.69) is 17.6 Å². The number of ether oxygens (including phenoxy) is 1. The molecule has 2 atom stereocenters. The summed E-state index contributed by atoms with van der Waals surface area (Å²) in [7, 11) is 1.60. The Hall–Kier alpha value is -1.26. The van der Waals surface area contributed by atoms with Crippen molar-refractivity contribution in [3.8, 4) is 5.75 Å². The second kappa shape index (κ2) is 6.95. The zero-order valence-electron chi connectivity index (χ0n) is 11.9. The van der Waals surface area contributed by atoms with Crippen molar-refractivity contribution in [1.29, 1.82) is 0 Å². The lowest BCUT2D eigenvalue weighted by Crippen LogP contribution is -2.50. The van der Waals surface area contributed by atoms with Gasteiger partial charge in [-0.05, 0) is 37.4 Å². The number of amides is 1. The van der Waals surface area contributed by atoms with Gasteiger partial charge in [0.25, 0.3) is 0 Å². The van der Waals surface area contributed by atoms with Gasteiger partial charge in [-0.3, -0.25) is 4.79 Å². The van der Waals surface area contributed by atoms with Gasteiger partial charge < -0.3 is 15.4 Å².